The summed E-state index contributed by atoms with van der Waals surface area (Å²) in [4.78, 5) is 14.3. The number of carbonyl (C=O) groups excluding carboxylic acids is 1. The zero-order chi connectivity index (χ0) is 18.8. The third kappa shape index (κ3) is 4.18. The lowest BCUT2D eigenvalue weighted by molar-refractivity contribution is 0.0135. The minimum absolute atomic E-state index is 0.0193. The molecule has 1 atom stereocenters. The van der Waals surface area contributed by atoms with E-state index in [2.05, 4.69) is 5.32 Å². The second kappa shape index (κ2) is 7.52. The number of hydrogen-bond acceptors (Lipinski definition) is 5. The molecule has 1 heterocycles. The fraction of sp³-hybridized carbons (Fsp3) is 0.632. The van der Waals surface area contributed by atoms with Crippen LogP contribution in [0.15, 0.2) is 6.07 Å². The Bertz CT molecular complexity index is 637. The maximum atomic E-state index is 12.6. The molecule has 0 spiro atoms. The number of carbonyl (C=O) groups is 1. The molecule has 0 saturated heterocycles. The first-order chi connectivity index (χ1) is 11.7. The molecule has 6 nitrogen and oxygen atoms in total. The predicted octanol–water partition coefficient (Wildman–Crippen LogP) is 3.10. The van der Waals surface area contributed by atoms with Crippen molar-refractivity contribution in [2.75, 3.05) is 21.3 Å². The quantitative estimate of drug-likeness (QED) is 0.904. The van der Waals surface area contributed by atoms with E-state index in [0.29, 0.717) is 19.5 Å². The Morgan fingerprint density at radius 1 is 1.28 bits per heavy atom. The number of rotatable bonds is 4. The van der Waals surface area contributed by atoms with Crippen molar-refractivity contribution in [3.8, 4) is 11.5 Å². The van der Waals surface area contributed by atoms with Gasteiger partial charge in [-0.25, -0.2) is 4.79 Å². The number of benzene rings is 1. The van der Waals surface area contributed by atoms with Gasteiger partial charge in [0, 0.05) is 29.3 Å². The van der Waals surface area contributed by atoms with Gasteiger partial charge in [0.2, 0.25) is 0 Å². The Hall–Kier alpha value is -1.95. The highest BCUT2D eigenvalue weighted by atomic mass is 16.6. The molecular weight excluding hydrogens is 320 g/mol. The minimum atomic E-state index is -0.518. The van der Waals surface area contributed by atoms with E-state index in [1.54, 1.807) is 19.1 Å². The van der Waals surface area contributed by atoms with E-state index in [0.717, 1.165) is 28.2 Å². The number of nitrogens with one attached hydrogen (secondary N) is 1. The summed E-state index contributed by atoms with van der Waals surface area (Å²) >= 11 is 0. The van der Waals surface area contributed by atoms with Crippen molar-refractivity contribution in [1.29, 1.82) is 0 Å². The maximum Gasteiger partial charge on any atom is 0.410 e. The zero-order valence-electron chi connectivity index (χ0n) is 16.4. The minimum Gasteiger partial charge on any atom is -0.496 e. The largest absolute Gasteiger partial charge is 0.496 e. The Morgan fingerprint density at radius 3 is 2.48 bits per heavy atom. The molecule has 140 valence electrons. The third-order valence-electron chi connectivity index (χ3n) is 4.31. The van der Waals surface area contributed by atoms with E-state index >= 15 is 0 Å². The van der Waals surface area contributed by atoms with E-state index in [-0.39, 0.29) is 12.1 Å². The van der Waals surface area contributed by atoms with Crippen LogP contribution in [0.3, 0.4) is 0 Å². The van der Waals surface area contributed by atoms with E-state index < -0.39 is 5.60 Å². The van der Waals surface area contributed by atoms with Crippen molar-refractivity contribution in [3.63, 3.8) is 0 Å². The van der Waals surface area contributed by atoms with Gasteiger partial charge in [0.15, 0.2) is 0 Å². The first-order valence-corrected chi connectivity index (χ1v) is 8.61. The summed E-state index contributed by atoms with van der Waals surface area (Å²) in [6, 6.07) is 2.00. The highest BCUT2D eigenvalue weighted by Gasteiger charge is 2.34. The molecule has 25 heavy (non-hydrogen) atoms. The fourth-order valence-corrected chi connectivity index (χ4v) is 3.23. The second-order valence-electron chi connectivity index (χ2n) is 7.42. The van der Waals surface area contributed by atoms with Crippen LogP contribution < -0.4 is 14.8 Å². The SMILES string of the molecule is CNCc1cc(OC)c2c(c1OC)CC(C)N(C(=O)OC(C)(C)C)C2. The van der Waals surface area contributed by atoms with Gasteiger partial charge in [-0.2, -0.15) is 0 Å². The average Bonchev–Trinajstić information content (AvgIpc) is 2.52. The number of fused-ring (bicyclic) bond motifs is 1. The lowest BCUT2D eigenvalue weighted by Crippen LogP contribution is -2.45. The van der Waals surface area contributed by atoms with Gasteiger partial charge in [-0.15, -0.1) is 0 Å². The van der Waals surface area contributed by atoms with Crippen LogP contribution in [-0.2, 0) is 24.2 Å². The van der Waals surface area contributed by atoms with Crippen LogP contribution in [0.1, 0.15) is 44.4 Å². The van der Waals surface area contributed by atoms with Gasteiger partial charge < -0.3 is 24.4 Å². The molecule has 6 heteroatoms. The molecular formula is C19H30N2O4. The van der Waals surface area contributed by atoms with Crippen LogP contribution in [0.2, 0.25) is 0 Å². The standard InChI is InChI=1S/C19H30N2O4/c1-12-8-14-15(11-21(12)18(22)25-19(2,3)4)16(23-6)9-13(10-20-5)17(14)24-7/h9,12,20H,8,10-11H2,1-7H3. The smallest absolute Gasteiger partial charge is 0.410 e. The zero-order valence-corrected chi connectivity index (χ0v) is 16.4. The summed E-state index contributed by atoms with van der Waals surface area (Å²) in [5.41, 5.74) is 2.64. The molecule has 0 radical (unpaired) electrons. The van der Waals surface area contributed by atoms with Gasteiger partial charge in [-0.1, -0.05) is 0 Å². The summed E-state index contributed by atoms with van der Waals surface area (Å²) in [5, 5.41) is 3.16. The first kappa shape index (κ1) is 19.4. The normalized spacial score (nSPS) is 17.1. The summed E-state index contributed by atoms with van der Waals surface area (Å²) in [5.74, 6) is 1.65. The molecule has 1 aliphatic rings. The summed E-state index contributed by atoms with van der Waals surface area (Å²) in [6.45, 7) is 8.80. The summed E-state index contributed by atoms with van der Waals surface area (Å²) < 4.78 is 16.9. The van der Waals surface area contributed by atoms with Gasteiger partial charge in [0.1, 0.15) is 17.1 Å². The lowest BCUT2D eigenvalue weighted by Gasteiger charge is -2.37. The van der Waals surface area contributed by atoms with Gasteiger partial charge in [0.05, 0.1) is 20.8 Å². The van der Waals surface area contributed by atoms with Crippen molar-refractivity contribution in [2.24, 2.45) is 0 Å². The maximum absolute atomic E-state index is 12.6. The van der Waals surface area contributed by atoms with E-state index in [1.165, 1.54) is 0 Å². The molecule has 1 aromatic carbocycles. The van der Waals surface area contributed by atoms with E-state index in [1.807, 2.05) is 40.8 Å². The summed E-state index contributed by atoms with van der Waals surface area (Å²) in [6.07, 6.45) is 0.400. The van der Waals surface area contributed by atoms with Crippen molar-refractivity contribution < 1.29 is 19.0 Å². The van der Waals surface area contributed by atoms with Crippen LogP contribution in [0, 0.1) is 0 Å². The van der Waals surface area contributed by atoms with Crippen molar-refractivity contribution in [3.05, 3.63) is 22.8 Å². The van der Waals surface area contributed by atoms with Crippen LogP contribution >= 0.6 is 0 Å². The molecule has 0 saturated carbocycles. The van der Waals surface area contributed by atoms with Crippen LogP contribution in [-0.4, -0.2) is 43.9 Å². The van der Waals surface area contributed by atoms with Crippen molar-refractivity contribution in [1.82, 2.24) is 10.2 Å². The molecule has 1 unspecified atom stereocenters. The highest BCUT2D eigenvalue weighted by Crippen LogP contribution is 2.39. The van der Waals surface area contributed by atoms with Crippen LogP contribution in [0.5, 0.6) is 11.5 Å². The Morgan fingerprint density at radius 2 is 1.96 bits per heavy atom. The van der Waals surface area contributed by atoms with Gasteiger partial charge >= 0.3 is 6.09 Å². The predicted molar refractivity (Wildman–Crippen MR) is 97.3 cm³/mol. The molecule has 1 aliphatic heterocycles. The Balaban J connectivity index is 2.43. The van der Waals surface area contributed by atoms with Gasteiger partial charge in [-0.3, -0.25) is 0 Å². The number of hydrogen-bond donors (Lipinski definition) is 1. The number of nitrogens with zero attached hydrogens (tertiary/aromatic N) is 1. The summed E-state index contributed by atoms with van der Waals surface area (Å²) in [7, 11) is 5.24. The molecule has 0 bridgehead atoms. The van der Waals surface area contributed by atoms with Crippen molar-refractivity contribution >= 4 is 6.09 Å². The topological polar surface area (TPSA) is 60.0 Å². The molecule has 1 N–H and O–H groups in total. The molecule has 2 rings (SSSR count). The fourth-order valence-electron chi connectivity index (χ4n) is 3.23. The van der Waals surface area contributed by atoms with Crippen LogP contribution in [0.4, 0.5) is 4.79 Å². The molecule has 0 aliphatic carbocycles. The number of amides is 1. The van der Waals surface area contributed by atoms with Gasteiger partial charge in [0.25, 0.3) is 0 Å². The van der Waals surface area contributed by atoms with E-state index in [9.17, 15) is 4.79 Å². The monoisotopic (exact) mass is 350 g/mol. The number of ether oxygens (including phenoxy) is 3. The average molecular weight is 350 g/mol. The lowest BCUT2D eigenvalue weighted by atomic mass is 9.91. The van der Waals surface area contributed by atoms with Gasteiger partial charge in [-0.05, 0) is 47.2 Å². The third-order valence-corrected chi connectivity index (χ3v) is 4.31. The molecule has 0 aromatic heterocycles. The number of methoxy groups -OCH3 is 2. The highest BCUT2D eigenvalue weighted by molar-refractivity contribution is 5.70. The van der Waals surface area contributed by atoms with Crippen molar-refractivity contribution in [2.45, 2.75) is 58.8 Å². The molecule has 1 amide bonds. The Labute approximate surface area is 150 Å². The van der Waals surface area contributed by atoms with Crippen LogP contribution in [0.25, 0.3) is 0 Å². The second-order valence-corrected chi connectivity index (χ2v) is 7.42. The molecule has 1 aromatic rings. The molecule has 0 fully saturated rings. The first-order valence-electron chi connectivity index (χ1n) is 8.61. The Kier molecular flexibility index (Phi) is 5.83. The van der Waals surface area contributed by atoms with E-state index in [4.69, 9.17) is 14.2 Å².